The Morgan fingerprint density at radius 2 is 1.49 bits per heavy atom. The fourth-order valence-corrected chi connectivity index (χ4v) is 5.33. The molecule has 1 N–H and O–H groups in total. The molecule has 1 unspecified atom stereocenters. The Labute approximate surface area is 200 Å². The zero-order valence-electron chi connectivity index (χ0n) is 19.9. The molecule has 4 nitrogen and oxygen atoms in total. The Bertz CT molecular complexity index is 1160. The van der Waals surface area contributed by atoms with E-state index >= 15 is 0 Å². The van der Waals surface area contributed by atoms with Crippen molar-refractivity contribution < 1.29 is 35.6 Å². The van der Waals surface area contributed by atoms with Gasteiger partial charge >= 0.3 is 11.8 Å². The Morgan fingerprint density at radius 1 is 0.943 bits per heavy atom. The van der Waals surface area contributed by atoms with Gasteiger partial charge < -0.3 is 9.74 Å². The van der Waals surface area contributed by atoms with Gasteiger partial charge in [-0.25, -0.2) is 8.78 Å². The summed E-state index contributed by atoms with van der Waals surface area (Å²) >= 11 is 0. The highest BCUT2D eigenvalue weighted by molar-refractivity contribution is 6.74. The molecule has 2 aliphatic rings. The lowest BCUT2D eigenvalue weighted by atomic mass is 9.82. The second-order valence-corrected chi connectivity index (χ2v) is 15.3. The summed E-state index contributed by atoms with van der Waals surface area (Å²) in [5.74, 6) is -12.1. The van der Waals surface area contributed by atoms with Crippen LogP contribution in [-0.2, 0) is 10.3 Å². The standard InChI is InChI=1S/C24H26F6N2O2Si/c1-21(2,3)35(4,5)34-15-8-6-14(7-9-15)24(32-12-22(27,28)23(29,30)13-32)16-10-11-17(25)18(26)19(16)31-20(24)33/h6-11H,12-13H2,1-5H3,(H,31,33). The molecule has 0 spiro atoms. The second-order valence-electron chi connectivity index (χ2n) is 10.6. The van der Waals surface area contributed by atoms with Gasteiger partial charge in [0.2, 0.25) is 8.32 Å². The quantitative estimate of drug-likeness (QED) is 0.393. The summed E-state index contributed by atoms with van der Waals surface area (Å²) in [5, 5.41) is 2.07. The number of nitrogens with zero attached hydrogens (tertiary/aromatic N) is 1. The van der Waals surface area contributed by atoms with Crippen LogP contribution in [0.1, 0.15) is 31.9 Å². The topological polar surface area (TPSA) is 41.6 Å². The molecule has 1 amide bonds. The summed E-state index contributed by atoms with van der Waals surface area (Å²) < 4.78 is 91.7. The highest BCUT2D eigenvalue weighted by atomic mass is 28.4. The molecule has 2 aromatic carbocycles. The molecule has 190 valence electrons. The summed E-state index contributed by atoms with van der Waals surface area (Å²) in [6.07, 6.45) is 0. The number of hydrogen-bond donors (Lipinski definition) is 1. The number of halogens is 6. The smallest absolute Gasteiger partial charge is 0.323 e. The van der Waals surface area contributed by atoms with Gasteiger partial charge in [0.15, 0.2) is 17.2 Å². The molecule has 4 rings (SSSR count). The first-order valence-corrected chi connectivity index (χ1v) is 13.9. The molecular formula is C24H26F6N2O2Si. The van der Waals surface area contributed by atoms with Gasteiger partial charge in [0.05, 0.1) is 18.8 Å². The normalized spacial score (nSPS) is 23.8. The van der Waals surface area contributed by atoms with E-state index in [0.717, 1.165) is 12.1 Å². The lowest BCUT2D eigenvalue weighted by molar-refractivity contribution is -0.172. The number of carbonyl (C=O) groups excluding carboxylic acids is 1. The lowest BCUT2D eigenvalue weighted by Crippen LogP contribution is -2.51. The van der Waals surface area contributed by atoms with Crippen molar-refractivity contribution >= 4 is 19.9 Å². The van der Waals surface area contributed by atoms with Crippen LogP contribution in [0, 0.1) is 11.6 Å². The minimum atomic E-state index is -4.42. The molecule has 2 aromatic rings. The Hall–Kier alpha value is -2.53. The van der Waals surface area contributed by atoms with Gasteiger partial charge in [-0.2, -0.15) is 17.6 Å². The van der Waals surface area contributed by atoms with Crippen LogP contribution < -0.4 is 9.74 Å². The van der Waals surface area contributed by atoms with E-state index in [1.165, 1.54) is 24.3 Å². The van der Waals surface area contributed by atoms with E-state index in [-0.39, 0.29) is 16.2 Å². The minimum Gasteiger partial charge on any atom is -0.544 e. The van der Waals surface area contributed by atoms with Gasteiger partial charge in [0, 0.05) is 5.56 Å². The Balaban J connectivity index is 1.86. The first-order chi connectivity index (χ1) is 15.9. The van der Waals surface area contributed by atoms with Crippen molar-refractivity contribution in [1.29, 1.82) is 0 Å². The number of hydrogen-bond acceptors (Lipinski definition) is 3. The van der Waals surface area contributed by atoms with Gasteiger partial charge in [-0.3, -0.25) is 9.69 Å². The number of anilines is 1. The van der Waals surface area contributed by atoms with Crippen molar-refractivity contribution in [3.05, 3.63) is 59.2 Å². The van der Waals surface area contributed by atoms with Crippen molar-refractivity contribution in [1.82, 2.24) is 4.90 Å². The largest absolute Gasteiger partial charge is 0.544 e. The number of benzene rings is 2. The lowest BCUT2D eigenvalue weighted by Gasteiger charge is -2.38. The van der Waals surface area contributed by atoms with Crippen LogP contribution in [0.5, 0.6) is 5.75 Å². The zero-order chi connectivity index (χ0) is 26.2. The average Bonchev–Trinajstić information content (AvgIpc) is 3.14. The monoisotopic (exact) mass is 516 g/mol. The first-order valence-electron chi connectivity index (χ1n) is 11.0. The van der Waals surface area contributed by atoms with E-state index in [1.54, 1.807) is 0 Å². The molecule has 0 saturated carbocycles. The van der Waals surface area contributed by atoms with Crippen LogP contribution in [0.25, 0.3) is 0 Å². The third kappa shape index (κ3) is 3.74. The highest BCUT2D eigenvalue weighted by Crippen LogP contribution is 2.53. The number of rotatable bonds is 4. The van der Waals surface area contributed by atoms with Gasteiger partial charge in [0.1, 0.15) is 5.75 Å². The number of carbonyl (C=O) groups is 1. The molecule has 1 atom stereocenters. The fraction of sp³-hybridized carbons (Fsp3) is 0.458. The third-order valence-corrected chi connectivity index (χ3v) is 11.6. The van der Waals surface area contributed by atoms with E-state index in [9.17, 15) is 31.1 Å². The van der Waals surface area contributed by atoms with Crippen LogP contribution in [-0.4, -0.2) is 44.1 Å². The van der Waals surface area contributed by atoms with Crippen molar-refractivity contribution in [3.8, 4) is 5.75 Å². The molecule has 1 saturated heterocycles. The molecule has 0 bridgehead atoms. The number of amides is 1. The second kappa shape index (κ2) is 7.73. The average molecular weight is 517 g/mol. The van der Waals surface area contributed by atoms with Gasteiger partial charge in [-0.05, 0) is 41.9 Å². The van der Waals surface area contributed by atoms with Gasteiger partial charge in [0.25, 0.3) is 5.91 Å². The number of alkyl halides is 4. The summed E-state index contributed by atoms with van der Waals surface area (Å²) in [5.41, 5.74) is -2.94. The molecule has 35 heavy (non-hydrogen) atoms. The van der Waals surface area contributed by atoms with E-state index in [4.69, 9.17) is 4.43 Å². The van der Waals surface area contributed by atoms with Crippen molar-refractivity contribution in [2.75, 3.05) is 18.4 Å². The maximum atomic E-state index is 14.6. The molecular weight excluding hydrogens is 490 g/mol. The van der Waals surface area contributed by atoms with E-state index in [0.29, 0.717) is 10.6 Å². The van der Waals surface area contributed by atoms with Gasteiger partial charge in [-0.1, -0.05) is 39.0 Å². The molecule has 0 aromatic heterocycles. The van der Waals surface area contributed by atoms with Crippen molar-refractivity contribution in [2.45, 2.75) is 56.3 Å². The predicted octanol–water partition coefficient (Wildman–Crippen LogP) is 6.13. The van der Waals surface area contributed by atoms with E-state index in [1.807, 2.05) is 33.9 Å². The molecule has 0 aliphatic carbocycles. The summed E-state index contributed by atoms with van der Waals surface area (Å²) in [4.78, 5) is 13.9. The highest BCUT2D eigenvalue weighted by Gasteiger charge is 2.69. The van der Waals surface area contributed by atoms with E-state index in [2.05, 4.69) is 5.32 Å². The van der Waals surface area contributed by atoms with E-state index < -0.39 is 62.0 Å². The fourth-order valence-electron chi connectivity index (χ4n) is 4.30. The summed E-state index contributed by atoms with van der Waals surface area (Å²) in [7, 11) is -2.24. The zero-order valence-corrected chi connectivity index (χ0v) is 20.9. The van der Waals surface area contributed by atoms with Crippen LogP contribution in [0.3, 0.4) is 0 Å². The maximum Gasteiger partial charge on any atom is 0.323 e. The molecule has 0 radical (unpaired) electrons. The molecule has 2 aliphatic heterocycles. The predicted molar refractivity (Wildman–Crippen MR) is 122 cm³/mol. The van der Waals surface area contributed by atoms with Crippen LogP contribution in [0.4, 0.5) is 32.0 Å². The minimum absolute atomic E-state index is 0.0517. The van der Waals surface area contributed by atoms with Crippen LogP contribution in [0.15, 0.2) is 36.4 Å². The molecule has 2 heterocycles. The summed E-state index contributed by atoms with van der Waals surface area (Å²) in [6.45, 7) is 7.28. The molecule has 11 heteroatoms. The first kappa shape index (κ1) is 25.6. The number of nitrogens with one attached hydrogen (secondary N) is 1. The Kier molecular flexibility index (Phi) is 5.64. The number of likely N-dealkylation sites (tertiary alicyclic amines) is 1. The van der Waals surface area contributed by atoms with Crippen LogP contribution >= 0.6 is 0 Å². The number of fused-ring (bicyclic) bond motifs is 1. The molecule has 1 fully saturated rings. The summed E-state index contributed by atoms with van der Waals surface area (Å²) in [6, 6.07) is 7.66. The van der Waals surface area contributed by atoms with Gasteiger partial charge in [-0.15, -0.1) is 0 Å². The van der Waals surface area contributed by atoms with Crippen LogP contribution in [0.2, 0.25) is 18.1 Å². The maximum absolute atomic E-state index is 14.6. The Morgan fingerprint density at radius 3 is 2.00 bits per heavy atom. The van der Waals surface area contributed by atoms with Crippen molar-refractivity contribution in [2.24, 2.45) is 0 Å². The SMILES string of the molecule is CC(C)(C)[Si](C)(C)Oc1ccc(C2(N3CC(F)(F)C(F)(F)C3)C(=O)Nc3c2ccc(F)c3F)cc1. The van der Waals surface area contributed by atoms with Crippen molar-refractivity contribution in [3.63, 3.8) is 0 Å². The third-order valence-electron chi connectivity index (χ3n) is 7.29.